The van der Waals surface area contributed by atoms with Crippen LogP contribution in [-0.2, 0) is 0 Å². The largest absolute Gasteiger partial charge is 0.373 e. The lowest BCUT2D eigenvalue weighted by molar-refractivity contribution is -0.389. The molecule has 2 aromatic rings. The number of thiazole rings is 1. The van der Waals surface area contributed by atoms with Crippen LogP contribution in [0.15, 0.2) is 11.6 Å². The van der Waals surface area contributed by atoms with E-state index in [1.54, 1.807) is 10.6 Å². The second-order valence-corrected chi connectivity index (χ2v) is 6.57. The molecule has 0 amide bonds. The molecule has 0 radical (unpaired) electrons. The third kappa shape index (κ3) is 2.73. The number of piperidine rings is 1. The van der Waals surface area contributed by atoms with Gasteiger partial charge in [-0.15, -0.1) is 0 Å². The molecule has 1 saturated heterocycles. The molecule has 0 bridgehead atoms. The molecule has 3 rings (SSSR count). The summed E-state index contributed by atoms with van der Waals surface area (Å²) in [6.07, 6.45) is 3.98. The lowest BCUT2D eigenvalue weighted by Crippen LogP contribution is -2.36. The minimum absolute atomic E-state index is 0.0710. The summed E-state index contributed by atoms with van der Waals surface area (Å²) < 4.78 is 1.56. The number of nitro groups is 1. The van der Waals surface area contributed by atoms with Gasteiger partial charge in [0, 0.05) is 19.0 Å². The van der Waals surface area contributed by atoms with Gasteiger partial charge in [-0.1, -0.05) is 11.3 Å². The Kier molecular flexibility index (Phi) is 3.81. The van der Waals surface area contributed by atoms with E-state index in [2.05, 4.69) is 16.9 Å². The lowest BCUT2D eigenvalue weighted by Gasteiger charge is -2.31. The van der Waals surface area contributed by atoms with Crippen molar-refractivity contribution >= 4 is 27.9 Å². The summed E-state index contributed by atoms with van der Waals surface area (Å²) in [6.45, 7) is 3.01. The van der Waals surface area contributed by atoms with Crippen molar-refractivity contribution in [2.75, 3.05) is 38.6 Å². The number of aromatic nitrogens is 2. The van der Waals surface area contributed by atoms with Crippen LogP contribution in [0.4, 0.5) is 11.6 Å². The molecule has 8 heteroatoms. The van der Waals surface area contributed by atoms with Gasteiger partial charge in [0.15, 0.2) is 0 Å². The van der Waals surface area contributed by atoms with Gasteiger partial charge in [-0.2, -0.15) is 9.38 Å². The van der Waals surface area contributed by atoms with E-state index in [1.165, 1.54) is 11.3 Å². The second-order valence-electron chi connectivity index (χ2n) is 5.70. The molecule has 1 aliphatic rings. The highest BCUT2D eigenvalue weighted by atomic mass is 32.1. The van der Waals surface area contributed by atoms with E-state index in [0.29, 0.717) is 16.7 Å². The molecule has 2 aromatic heterocycles. The molecule has 0 N–H and O–H groups in total. The molecule has 1 fully saturated rings. The third-order valence-electron chi connectivity index (χ3n) is 4.12. The molecule has 0 atom stereocenters. The van der Waals surface area contributed by atoms with Gasteiger partial charge in [0.25, 0.3) is 4.96 Å². The van der Waals surface area contributed by atoms with Gasteiger partial charge in [-0.05, 0) is 43.8 Å². The average molecular weight is 309 g/mol. The Bertz CT molecular complexity index is 644. The van der Waals surface area contributed by atoms with Gasteiger partial charge in [0.1, 0.15) is 6.20 Å². The number of imidazole rings is 1. The van der Waals surface area contributed by atoms with Crippen LogP contribution in [-0.4, -0.2) is 52.9 Å². The van der Waals surface area contributed by atoms with Crippen LogP contribution in [0.25, 0.3) is 4.96 Å². The van der Waals surface area contributed by atoms with Gasteiger partial charge < -0.3 is 19.9 Å². The van der Waals surface area contributed by atoms with Gasteiger partial charge in [-0.25, -0.2) is 0 Å². The number of hydrogen-bond acceptors (Lipinski definition) is 6. The lowest BCUT2D eigenvalue weighted by atomic mass is 9.97. The van der Waals surface area contributed by atoms with Gasteiger partial charge >= 0.3 is 5.82 Å². The Morgan fingerprint density at radius 1 is 1.52 bits per heavy atom. The van der Waals surface area contributed by atoms with Gasteiger partial charge in [0.05, 0.1) is 0 Å². The molecule has 0 saturated carbocycles. The van der Waals surface area contributed by atoms with Crippen LogP contribution in [0, 0.1) is 16.0 Å². The van der Waals surface area contributed by atoms with Crippen LogP contribution in [0.3, 0.4) is 0 Å². The molecule has 1 aliphatic heterocycles. The summed E-state index contributed by atoms with van der Waals surface area (Å²) in [6, 6.07) is 0. The maximum atomic E-state index is 11.4. The first kappa shape index (κ1) is 14.3. The molecular formula is C13H19N5O2S. The summed E-state index contributed by atoms with van der Waals surface area (Å²) >= 11 is 1.42. The molecule has 0 unspecified atom stereocenters. The fraction of sp³-hybridized carbons (Fsp3) is 0.615. The van der Waals surface area contributed by atoms with Crippen LogP contribution in [0.2, 0.25) is 0 Å². The normalized spacial score (nSPS) is 17.4. The van der Waals surface area contributed by atoms with E-state index in [9.17, 15) is 10.1 Å². The highest BCUT2D eigenvalue weighted by Crippen LogP contribution is 2.31. The molecule has 21 heavy (non-hydrogen) atoms. The van der Waals surface area contributed by atoms with E-state index in [1.807, 2.05) is 17.3 Å². The van der Waals surface area contributed by atoms with Crippen molar-refractivity contribution in [3.05, 3.63) is 21.7 Å². The predicted molar refractivity (Wildman–Crippen MR) is 83.2 cm³/mol. The van der Waals surface area contributed by atoms with Crippen LogP contribution >= 0.6 is 11.3 Å². The summed E-state index contributed by atoms with van der Waals surface area (Å²) in [5.74, 6) is 1.12. The Balaban J connectivity index is 1.81. The van der Waals surface area contributed by atoms with E-state index >= 15 is 0 Å². The third-order valence-corrected chi connectivity index (χ3v) is 4.88. The number of fused-ring (bicyclic) bond motifs is 1. The van der Waals surface area contributed by atoms with Crippen molar-refractivity contribution in [2.24, 2.45) is 5.92 Å². The van der Waals surface area contributed by atoms with Crippen LogP contribution in [0.1, 0.15) is 12.8 Å². The fourth-order valence-electron chi connectivity index (χ4n) is 2.91. The number of likely N-dealkylation sites (tertiary alicyclic amines) is 1. The maximum absolute atomic E-state index is 11.4. The van der Waals surface area contributed by atoms with Crippen LogP contribution < -0.4 is 4.90 Å². The summed E-state index contributed by atoms with van der Waals surface area (Å²) in [5.41, 5.74) is 0. The monoisotopic (exact) mass is 309 g/mol. The molecular weight excluding hydrogens is 290 g/mol. The topological polar surface area (TPSA) is 66.9 Å². The molecule has 7 nitrogen and oxygen atoms in total. The number of hydrogen-bond donors (Lipinski definition) is 0. The molecule has 3 heterocycles. The van der Waals surface area contributed by atoms with Crippen molar-refractivity contribution in [3.8, 4) is 0 Å². The SMILES string of the molecule is CN1CCC(CN(C)c2nc3sccn3c2[N+](=O)[O-])CC1. The minimum Gasteiger partial charge on any atom is -0.358 e. The summed E-state index contributed by atoms with van der Waals surface area (Å²) in [7, 11) is 4.03. The Labute approximate surface area is 126 Å². The molecule has 114 valence electrons. The number of anilines is 1. The van der Waals surface area contributed by atoms with Gasteiger partial charge in [0.2, 0.25) is 5.82 Å². The first-order valence-corrected chi connectivity index (χ1v) is 7.94. The Hall–Kier alpha value is -1.67. The molecule has 0 spiro atoms. The first-order valence-electron chi connectivity index (χ1n) is 7.06. The summed E-state index contributed by atoms with van der Waals surface area (Å²) in [5, 5.41) is 13.2. The predicted octanol–water partition coefficient (Wildman–Crippen LogP) is 2.08. The highest BCUT2D eigenvalue weighted by molar-refractivity contribution is 7.15. The van der Waals surface area contributed by atoms with Crippen molar-refractivity contribution in [1.29, 1.82) is 0 Å². The van der Waals surface area contributed by atoms with Gasteiger partial charge in [-0.3, -0.25) is 0 Å². The Morgan fingerprint density at radius 3 is 2.90 bits per heavy atom. The zero-order valence-corrected chi connectivity index (χ0v) is 13.0. The summed E-state index contributed by atoms with van der Waals surface area (Å²) in [4.78, 5) is 20.4. The first-order chi connectivity index (χ1) is 10.1. The van der Waals surface area contributed by atoms with Crippen molar-refractivity contribution in [2.45, 2.75) is 12.8 Å². The number of nitrogens with zero attached hydrogens (tertiary/aromatic N) is 5. The van der Waals surface area contributed by atoms with E-state index in [4.69, 9.17) is 0 Å². The fourth-order valence-corrected chi connectivity index (χ4v) is 3.61. The minimum atomic E-state index is -0.340. The van der Waals surface area contributed by atoms with Crippen LogP contribution in [0.5, 0.6) is 0 Å². The molecule has 0 aromatic carbocycles. The zero-order chi connectivity index (χ0) is 15.0. The molecule has 0 aliphatic carbocycles. The highest BCUT2D eigenvalue weighted by Gasteiger charge is 2.28. The quantitative estimate of drug-likeness (QED) is 0.639. The second kappa shape index (κ2) is 5.61. The average Bonchev–Trinajstić information content (AvgIpc) is 3.00. The van der Waals surface area contributed by atoms with Crippen molar-refractivity contribution in [3.63, 3.8) is 0 Å². The van der Waals surface area contributed by atoms with Crippen molar-refractivity contribution < 1.29 is 4.92 Å². The van der Waals surface area contributed by atoms with E-state index in [0.717, 1.165) is 32.5 Å². The van der Waals surface area contributed by atoms with E-state index < -0.39 is 0 Å². The maximum Gasteiger partial charge on any atom is 0.373 e. The Morgan fingerprint density at radius 2 is 2.24 bits per heavy atom. The zero-order valence-electron chi connectivity index (χ0n) is 12.2. The van der Waals surface area contributed by atoms with E-state index in [-0.39, 0.29) is 10.7 Å². The van der Waals surface area contributed by atoms with Crippen molar-refractivity contribution in [1.82, 2.24) is 14.3 Å². The standard InChI is InChI=1S/C13H19N5O2S/c1-15-5-3-10(4-6-15)9-16(2)11-12(18(19)20)17-7-8-21-13(17)14-11/h7-8,10H,3-6,9H2,1-2H3. The number of rotatable bonds is 4. The smallest absolute Gasteiger partial charge is 0.358 e.